The molecule has 0 aromatic heterocycles. The molecule has 4 saturated heterocycles. The van der Waals surface area contributed by atoms with Gasteiger partial charge in [0, 0.05) is 12.3 Å². The maximum Gasteiger partial charge on any atom is 2.00 e. The van der Waals surface area contributed by atoms with Gasteiger partial charge in [-0.15, -0.1) is 0 Å². The van der Waals surface area contributed by atoms with Gasteiger partial charge in [-0.25, -0.2) is 4.79 Å². The zero-order valence-electron chi connectivity index (χ0n) is 46.2. The Labute approximate surface area is 470 Å². The Kier molecular flexibility index (Phi) is 17.8. The Hall–Kier alpha value is -1.76. The van der Waals surface area contributed by atoms with Gasteiger partial charge in [0.25, 0.3) is 0 Å². The molecule has 2 bridgehead atoms. The summed E-state index contributed by atoms with van der Waals surface area (Å²) >= 11 is 0. The Bertz CT molecular complexity index is 2240. The van der Waals surface area contributed by atoms with Crippen LogP contribution in [0.5, 0.6) is 0 Å². The van der Waals surface area contributed by atoms with Crippen molar-refractivity contribution in [2.75, 3.05) is 26.4 Å². The van der Waals surface area contributed by atoms with E-state index >= 15 is 0 Å². The Morgan fingerprint density at radius 2 is 1.42 bits per heavy atom. The Morgan fingerprint density at radius 1 is 0.756 bits per heavy atom. The zero-order valence-corrected chi connectivity index (χ0v) is 47.6. The van der Waals surface area contributed by atoms with Crippen molar-refractivity contribution in [3.8, 4) is 0 Å². The maximum absolute atomic E-state index is 13.6. The molecule has 4 heterocycles. The summed E-state index contributed by atoms with van der Waals surface area (Å²) in [5.41, 5.74) is -2.40. The van der Waals surface area contributed by atoms with Crippen LogP contribution >= 0.6 is 0 Å². The van der Waals surface area contributed by atoms with Gasteiger partial charge in [0.15, 0.2) is 25.0 Å². The van der Waals surface area contributed by atoms with Crippen molar-refractivity contribution in [2.45, 2.75) is 224 Å². The maximum atomic E-state index is 13.6. The van der Waals surface area contributed by atoms with Gasteiger partial charge in [0.2, 0.25) is 0 Å². The molecule has 4 aliphatic heterocycles. The van der Waals surface area contributed by atoms with E-state index in [0.29, 0.717) is 44.9 Å². The molecule has 11 N–H and O–H groups in total. The number of carboxylic acids is 1. The number of ether oxygens (including phenoxy) is 9. The smallest absolute Gasteiger partial charge is 0.479 e. The number of rotatable bonds is 14. The minimum Gasteiger partial charge on any atom is -0.479 e. The van der Waals surface area contributed by atoms with Crippen LogP contribution in [-0.2, 0) is 57.0 Å². The summed E-state index contributed by atoms with van der Waals surface area (Å²) in [5.74, 6) is -3.82. The van der Waals surface area contributed by atoms with Gasteiger partial charge in [0.05, 0.1) is 55.6 Å². The largest absolute Gasteiger partial charge is 2.00 e. The molecule has 23 nitrogen and oxygen atoms in total. The molecule has 24 heteroatoms. The van der Waals surface area contributed by atoms with E-state index in [-0.39, 0.29) is 59.4 Å². The van der Waals surface area contributed by atoms with Crippen molar-refractivity contribution in [2.24, 2.45) is 56.2 Å². The standard InChI is InChI=1S/C54H84O23.Mg/c1-22(23(2)71-24(3)57)45(68)70-21-54-26-16-49(4,5)43(42(54)65)73-32(54)17-53(9)25(26)10-11-30-50(6)14-13-31(51(7,20-56)29(50)12-15-52(30,53)8)74-48-40(76-46-36(62)33(59)27(58)19-69-46)38(64)39(41(77-48)44(66)67)75-47-37(63)35(61)34(60)28(18-55)72-47;/h10,22-23,26-43,46-48,55-56,58-65H,11-21H2,1-9H3,(H,66,67);/q;+2/t22?,23?,26?,27-,28-,29?,30?,31?,32-,33+,34-,35+,36-,37-,38+,39+,40-,41+,42?,43-,46+,47-,48-,50?,51-,52?,53-,54?;/m1./s1. The van der Waals surface area contributed by atoms with Crippen LogP contribution in [0.1, 0.15) is 107 Å². The van der Waals surface area contributed by atoms with Crippen LogP contribution in [0.4, 0.5) is 0 Å². The van der Waals surface area contributed by atoms with Crippen LogP contribution in [0.15, 0.2) is 11.6 Å². The minimum absolute atomic E-state index is 0. The molecule has 10 unspecified atom stereocenters. The third-order valence-corrected chi connectivity index (χ3v) is 21.3. The number of fused-ring (bicyclic) bond motifs is 7. The molecular formula is C54H84MgO23+2. The second-order valence-electron chi connectivity index (χ2n) is 25.8. The van der Waals surface area contributed by atoms with Crippen LogP contribution in [0.2, 0.25) is 0 Å². The Balaban J connectivity index is 0.00000803. The van der Waals surface area contributed by atoms with Crippen molar-refractivity contribution in [3.05, 3.63) is 11.6 Å². The first-order chi connectivity index (χ1) is 36.0. The van der Waals surface area contributed by atoms with Crippen LogP contribution in [0, 0.1) is 56.2 Å². The summed E-state index contributed by atoms with van der Waals surface area (Å²) in [6.45, 7) is 15.8. The molecule has 0 radical (unpaired) electrons. The quantitative estimate of drug-likeness (QED) is 0.0432. The number of allylic oxidation sites excluding steroid dienone is 2. The fraction of sp³-hybridized carbons (Fsp3) is 0.907. The molecule has 9 rings (SSSR count). The molecule has 438 valence electrons. The molecular weight excluding hydrogens is 1040 g/mol. The van der Waals surface area contributed by atoms with Gasteiger partial charge in [-0.05, 0) is 98.2 Å². The van der Waals surface area contributed by atoms with Crippen LogP contribution in [0.3, 0.4) is 0 Å². The van der Waals surface area contributed by atoms with Gasteiger partial charge in [-0.2, -0.15) is 0 Å². The number of aliphatic hydroxyl groups excluding tert-OH is 10. The van der Waals surface area contributed by atoms with Crippen LogP contribution in [0.25, 0.3) is 0 Å². The molecule has 0 aromatic rings. The summed E-state index contributed by atoms with van der Waals surface area (Å²) in [5, 5.41) is 120. The summed E-state index contributed by atoms with van der Waals surface area (Å²) in [6, 6.07) is 0. The van der Waals surface area contributed by atoms with E-state index in [1.165, 1.54) is 12.5 Å². The number of esters is 2. The van der Waals surface area contributed by atoms with E-state index in [1.807, 2.05) is 6.92 Å². The second kappa shape index (κ2) is 22.3. The van der Waals surface area contributed by atoms with Gasteiger partial charge in [0.1, 0.15) is 73.8 Å². The molecule has 0 spiro atoms. The topological polar surface area (TPSA) is 357 Å². The second-order valence-corrected chi connectivity index (χ2v) is 25.8. The Morgan fingerprint density at radius 3 is 2.06 bits per heavy atom. The van der Waals surface area contributed by atoms with Crippen molar-refractivity contribution < 1.29 is 113 Å². The summed E-state index contributed by atoms with van der Waals surface area (Å²) < 4.78 is 54.3. The first kappa shape index (κ1) is 62.3. The van der Waals surface area contributed by atoms with Crippen molar-refractivity contribution in [1.82, 2.24) is 0 Å². The predicted molar refractivity (Wildman–Crippen MR) is 267 cm³/mol. The molecule has 0 amide bonds. The summed E-state index contributed by atoms with van der Waals surface area (Å²) in [4.78, 5) is 38.4. The third-order valence-electron chi connectivity index (χ3n) is 21.3. The number of carbonyl (C=O) groups is 3. The zero-order chi connectivity index (χ0) is 56.4. The molecule has 28 atom stereocenters. The molecule has 9 aliphatic rings. The number of carboxylic acid groups (broad SMARTS) is 1. The van der Waals surface area contributed by atoms with Gasteiger partial charge < -0.3 is 98.8 Å². The van der Waals surface area contributed by atoms with E-state index in [9.17, 15) is 70.6 Å². The van der Waals surface area contributed by atoms with Gasteiger partial charge in [-0.3, -0.25) is 9.59 Å². The van der Waals surface area contributed by atoms with E-state index in [1.54, 1.807) is 13.8 Å². The number of carbonyl (C=O) groups excluding carboxylic acids is 2. The van der Waals surface area contributed by atoms with Gasteiger partial charge >= 0.3 is 41.0 Å². The predicted octanol–water partition coefficient (Wildman–Crippen LogP) is -0.966. The number of aliphatic hydroxyl groups is 10. The van der Waals surface area contributed by atoms with Crippen molar-refractivity contribution in [1.29, 1.82) is 0 Å². The minimum atomic E-state index is -2.09. The van der Waals surface area contributed by atoms with Crippen LogP contribution in [-0.4, -0.2) is 240 Å². The van der Waals surface area contributed by atoms with Crippen molar-refractivity contribution >= 4 is 41.0 Å². The first-order valence-electron chi connectivity index (χ1n) is 27.4. The fourth-order valence-electron chi connectivity index (χ4n) is 16.5. The fourth-order valence-corrected chi connectivity index (χ4v) is 16.5. The van der Waals surface area contributed by atoms with E-state index < -0.39 is 181 Å². The van der Waals surface area contributed by atoms with E-state index in [4.69, 9.17) is 42.6 Å². The summed E-state index contributed by atoms with van der Waals surface area (Å²) in [6.07, 6.45) is -22.8. The number of aliphatic carboxylic acids is 1. The van der Waals surface area contributed by atoms with Crippen LogP contribution < -0.4 is 0 Å². The number of hydrogen-bond donors (Lipinski definition) is 11. The van der Waals surface area contributed by atoms with E-state index in [0.717, 1.165) is 0 Å². The monoisotopic (exact) mass is 1120 g/mol. The number of hydrogen-bond acceptors (Lipinski definition) is 22. The average Bonchev–Trinajstić information content (AvgIpc) is 3.60. The molecule has 78 heavy (non-hydrogen) atoms. The average molecular weight is 1130 g/mol. The molecule has 0 aromatic carbocycles. The SMILES string of the molecule is CC(=O)OC(C)C(C)C(=O)OCC12C3CC(C)(C)[C@H](O[C@@H]1C[C@]1(C)C3=CCC3C4(C)CCC(O[C@@H]5O[C@H](C(=O)O)[C@@H](O[C@H]6O[C@H](CO)[C@@H](O)[C@H](O)[C@H]6O)[C@H](O)[C@H]5O[C@@H]5OC[C@@H](O)[C@H](O)[C@H]5O)[C@](C)(CO)C4CCC31C)C2O.[Mg+2]. The molecule has 4 saturated carbocycles. The first-order valence-corrected chi connectivity index (χ1v) is 27.4. The van der Waals surface area contributed by atoms with E-state index in [2.05, 4.69) is 40.7 Å². The van der Waals surface area contributed by atoms with Gasteiger partial charge in [-0.1, -0.05) is 53.2 Å². The summed E-state index contributed by atoms with van der Waals surface area (Å²) in [7, 11) is 0. The normalized spacial score (nSPS) is 51.0. The molecule has 5 aliphatic carbocycles. The third kappa shape index (κ3) is 9.74. The van der Waals surface area contributed by atoms with Crippen molar-refractivity contribution in [3.63, 3.8) is 0 Å². The molecule has 8 fully saturated rings.